The molecule has 3 nitrogen and oxygen atoms in total. The van der Waals surface area contributed by atoms with Crippen LogP contribution < -0.4 is 5.32 Å². The summed E-state index contributed by atoms with van der Waals surface area (Å²) in [5.41, 5.74) is 5.19. The van der Waals surface area contributed by atoms with E-state index in [4.69, 9.17) is 0 Å². The average Bonchev–Trinajstić information content (AvgIpc) is 2.39. The number of amides is 1. The van der Waals surface area contributed by atoms with Crippen LogP contribution in [0.2, 0.25) is 0 Å². The molecule has 1 aromatic carbocycles. The zero-order valence-electron chi connectivity index (χ0n) is 12.8. The van der Waals surface area contributed by atoms with Crippen LogP contribution in [0.25, 0.3) is 0 Å². The molecule has 1 aliphatic rings. The second-order valence-electron chi connectivity index (χ2n) is 5.45. The summed E-state index contributed by atoms with van der Waals surface area (Å²) in [5.74, 6) is -3.11. The van der Waals surface area contributed by atoms with Gasteiger partial charge in [0.05, 0.1) is 0 Å². The zero-order chi connectivity index (χ0) is 15.2. The van der Waals surface area contributed by atoms with Crippen molar-refractivity contribution >= 4 is 18.5 Å². The number of benzene rings is 1. The molecule has 0 unspecified atom stereocenters. The van der Waals surface area contributed by atoms with E-state index >= 15 is 0 Å². The zero-order valence-corrected chi connectivity index (χ0v) is 13.6. The van der Waals surface area contributed by atoms with Crippen LogP contribution in [0, 0.1) is 34.6 Å². The van der Waals surface area contributed by atoms with Crippen molar-refractivity contribution in [1.82, 2.24) is 5.32 Å². The normalized spacial score (nSPS) is 20.3. The smallest absolute Gasteiger partial charge is 0.408 e. The fourth-order valence-corrected chi connectivity index (χ4v) is 2.76. The molecule has 6 heteroatoms. The maximum atomic E-state index is 14.1. The van der Waals surface area contributed by atoms with Gasteiger partial charge in [0.25, 0.3) is 0 Å². The molecule has 0 aromatic heterocycles. The molecule has 1 aliphatic heterocycles. The summed E-state index contributed by atoms with van der Waals surface area (Å²) in [4.78, 5) is 11.3. The van der Waals surface area contributed by atoms with E-state index in [2.05, 4.69) is 10.1 Å². The maximum Gasteiger partial charge on any atom is 0.408 e. The number of cyclic esters (lactones) is 1. The number of nitrogens with one attached hydrogen (secondary N) is 1. The Hall–Kier alpha value is -1.36. The first kappa shape index (κ1) is 17.7. The van der Waals surface area contributed by atoms with E-state index in [1.54, 1.807) is 0 Å². The van der Waals surface area contributed by atoms with Gasteiger partial charge in [-0.15, -0.1) is 12.4 Å². The molecule has 0 aliphatic carbocycles. The van der Waals surface area contributed by atoms with Crippen molar-refractivity contribution in [2.75, 3.05) is 6.61 Å². The number of rotatable bonds is 1. The van der Waals surface area contributed by atoms with Gasteiger partial charge in [-0.2, -0.15) is 0 Å². The molecule has 2 rings (SSSR count). The molecule has 21 heavy (non-hydrogen) atoms. The van der Waals surface area contributed by atoms with Gasteiger partial charge >= 0.3 is 12.0 Å². The lowest BCUT2D eigenvalue weighted by molar-refractivity contribution is -0.104. The highest BCUT2D eigenvalue weighted by atomic mass is 35.5. The Morgan fingerprint density at radius 3 is 1.90 bits per heavy atom. The Morgan fingerprint density at radius 2 is 1.43 bits per heavy atom. The van der Waals surface area contributed by atoms with Gasteiger partial charge in [0.2, 0.25) is 0 Å². The first-order valence-electron chi connectivity index (χ1n) is 6.54. The van der Waals surface area contributed by atoms with Crippen LogP contribution in [0.1, 0.15) is 39.4 Å². The molecule has 0 spiro atoms. The Kier molecular flexibility index (Phi) is 4.88. The first-order valence-corrected chi connectivity index (χ1v) is 6.54. The van der Waals surface area contributed by atoms with Crippen LogP contribution in [0.3, 0.4) is 0 Å². The molecule has 118 valence electrons. The standard InChI is InChI=1S/C15H19F2NO2.ClH/c1-7-8(2)10(4)12(11(5)9(7)3)13-15(16,17)6-20-14(19)18-13;/h13H,6H2,1-5H3,(H,18,19);1H/t13-;/m1./s1. The quantitative estimate of drug-likeness (QED) is 0.847. The van der Waals surface area contributed by atoms with Gasteiger partial charge in [-0.25, -0.2) is 13.6 Å². The van der Waals surface area contributed by atoms with Crippen LogP contribution in [0.4, 0.5) is 13.6 Å². The predicted molar refractivity (Wildman–Crippen MR) is 79.5 cm³/mol. The fraction of sp³-hybridized carbons (Fsp3) is 0.533. The third kappa shape index (κ3) is 2.84. The number of halogens is 3. The molecule has 0 saturated carbocycles. The highest BCUT2D eigenvalue weighted by Crippen LogP contribution is 2.40. The third-order valence-electron chi connectivity index (χ3n) is 4.43. The van der Waals surface area contributed by atoms with Crippen molar-refractivity contribution in [2.24, 2.45) is 0 Å². The molecule has 1 heterocycles. The number of alkyl halides is 2. The third-order valence-corrected chi connectivity index (χ3v) is 4.43. The van der Waals surface area contributed by atoms with Crippen LogP contribution >= 0.6 is 12.4 Å². The molecule has 1 fully saturated rings. The molecule has 1 saturated heterocycles. The molecule has 1 aromatic rings. The van der Waals surface area contributed by atoms with Gasteiger partial charge in [0.15, 0.2) is 6.61 Å². The summed E-state index contributed by atoms with van der Waals surface area (Å²) < 4.78 is 32.6. The van der Waals surface area contributed by atoms with Gasteiger partial charge in [-0.3, -0.25) is 0 Å². The van der Waals surface area contributed by atoms with E-state index in [1.165, 1.54) is 0 Å². The van der Waals surface area contributed by atoms with Crippen molar-refractivity contribution in [1.29, 1.82) is 0 Å². The largest absolute Gasteiger partial charge is 0.443 e. The number of hydrogen-bond donors (Lipinski definition) is 1. The Labute approximate surface area is 129 Å². The van der Waals surface area contributed by atoms with E-state index in [1.807, 2.05) is 34.6 Å². The van der Waals surface area contributed by atoms with E-state index in [-0.39, 0.29) is 12.4 Å². The van der Waals surface area contributed by atoms with E-state index in [9.17, 15) is 13.6 Å². The summed E-state index contributed by atoms with van der Waals surface area (Å²) in [6, 6.07) is -1.33. The Balaban J connectivity index is 0.00000220. The predicted octanol–water partition coefficient (Wildman–Crippen LogP) is 4.07. The second kappa shape index (κ2) is 5.79. The highest BCUT2D eigenvalue weighted by Gasteiger charge is 2.48. The van der Waals surface area contributed by atoms with E-state index in [0.717, 1.165) is 27.8 Å². The van der Waals surface area contributed by atoms with Gasteiger partial charge in [-0.05, 0) is 68.0 Å². The monoisotopic (exact) mass is 319 g/mol. The van der Waals surface area contributed by atoms with Crippen LogP contribution in [-0.2, 0) is 4.74 Å². The number of carbonyl (C=O) groups excluding carboxylic acids is 1. The van der Waals surface area contributed by atoms with Crippen molar-refractivity contribution in [2.45, 2.75) is 46.6 Å². The van der Waals surface area contributed by atoms with E-state index in [0.29, 0.717) is 5.56 Å². The Bertz CT molecular complexity index is 559. The van der Waals surface area contributed by atoms with Crippen LogP contribution in [-0.4, -0.2) is 18.6 Å². The molecular formula is C15H20ClF2NO2. The molecule has 1 amide bonds. The molecule has 1 atom stereocenters. The minimum absolute atomic E-state index is 0. The van der Waals surface area contributed by atoms with Gasteiger partial charge in [-0.1, -0.05) is 0 Å². The minimum Gasteiger partial charge on any atom is -0.443 e. The Morgan fingerprint density at radius 1 is 1.00 bits per heavy atom. The molecular weight excluding hydrogens is 300 g/mol. The SMILES string of the molecule is Cc1c(C)c(C)c([C@H]2NC(=O)OCC2(F)F)c(C)c1C.Cl. The van der Waals surface area contributed by atoms with Crippen molar-refractivity contribution in [3.05, 3.63) is 33.4 Å². The summed E-state index contributed by atoms with van der Waals surface area (Å²) in [6.45, 7) is 8.58. The number of ether oxygens (including phenoxy) is 1. The fourth-order valence-electron chi connectivity index (χ4n) is 2.76. The number of carbonyl (C=O) groups is 1. The molecule has 0 bridgehead atoms. The number of hydrogen-bond acceptors (Lipinski definition) is 2. The maximum absolute atomic E-state index is 14.1. The lowest BCUT2D eigenvalue weighted by Crippen LogP contribution is -2.50. The van der Waals surface area contributed by atoms with Gasteiger partial charge in [0, 0.05) is 0 Å². The number of alkyl carbamates (subject to hydrolysis) is 1. The van der Waals surface area contributed by atoms with Crippen LogP contribution in [0.15, 0.2) is 0 Å². The minimum atomic E-state index is -3.11. The lowest BCUT2D eigenvalue weighted by Gasteiger charge is -2.34. The lowest BCUT2D eigenvalue weighted by atomic mass is 9.84. The van der Waals surface area contributed by atoms with Crippen molar-refractivity contribution < 1.29 is 18.3 Å². The highest BCUT2D eigenvalue weighted by molar-refractivity contribution is 5.85. The average molecular weight is 320 g/mol. The van der Waals surface area contributed by atoms with Gasteiger partial charge < -0.3 is 10.1 Å². The topological polar surface area (TPSA) is 38.3 Å². The first-order chi connectivity index (χ1) is 9.16. The molecule has 0 radical (unpaired) electrons. The van der Waals surface area contributed by atoms with E-state index < -0.39 is 24.7 Å². The van der Waals surface area contributed by atoms with Gasteiger partial charge in [0.1, 0.15) is 6.04 Å². The van der Waals surface area contributed by atoms with Crippen molar-refractivity contribution in [3.8, 4) is 0 Å². The van der Waals surface area contributed by atoms with Crippen molar-refractivity contribution in [3.63, 3.8) is 0 Å². The van der Waals surface area contributed by atoms with Crippen LogP contribution in [0.5, 0.6) is 0 Å². The summed E-state index contributed by atoms with van der Waals surface area (Å²) >= 11 is 0. The summed E-state index contributed by atoms with van der Waals surface area (Å²) in [7, 11) is 0. The second-order valence-corrected chi connectivity index (χ2v) is 5.45. The molecule has 1 N–H and O–H groups in total. The summed E-state index contributed by atoms with van der Waals surface area (Å²) in [6.07, 6.45) is -0.796. The summed E-state index contributed by atoms with van der Waals surface area (Å²) in [5, 5.41) is 2.27.